The van der Waals surface area contributed by atoms with Crippen LogP contribution in [0.5, 0.6) is 5.75 Å². The molecular formula is C21H21Cl2F3N4O8S. The molecule has 0 radical (unpaired) electrons. The third-order valence-corrected chi connectivity index (χ3v) is 6.81. The number of rotatable bonds is 12. The molecule has 0 aliphatic rings. The van der Waals surface area contributed by atoms with E-state index in [1.807, 2.05) is 4.72 Å². The van der Waals surface area contributed by atoms with E-state index in [2.05, 4.69) is 14.9 Å². The number of nitrogens with one attached hydrogen (secondary N) is 1. The number of hydrogen-bond donors (Lipinski definition) is 3. The number of hydrogen-bond acceptors (Lipinski definition) is 9. The van der Waals surface area contributed by atoms with Gasteiger partial charge in [-0.3, -0.25) is 0 Å². The summed E-state index contributed by atoms with van der Waals surface area (Å²) in [5, 5.41) is 2.75. The summed E-state index contributed by atoms with van der Waals surface area (Å²) >= 11 is 11.9. The molecule has 5 N–H and O–H groups in total. The average molecular weight is 617 g/mol. The Morgan fingerprint density at radius 3 is 2.18 bits per heavy atom. The van der Waals surface area contributed by atoms with E-state index in [-0.39, 0.29) is 29.2 Å². The second-order valence-corrected chi connectivity index (χ2v) is 9.86. The third-order valence-electron chi connectivity index (χ3n) is 4.38. The van der Waals surface area contributed by atoms with Crippen LogP contribution < -0.4 is 20.9 Å². The number of carbonyl (C=O) groups excluding carboxylic acids is 2. The third kappa shape index (κ3) is 10.3. The summed E-state index contributed by atoms with van der Waals surface area (Å²) in [6.45, 7) is 0.394. The maximum Gasteiger partial charge on any atom is 0.495 e. The molecule has 2 aromatic rings. The maximum absolute atomic E-state index is 12.9. The zero-order valence-electron chi connectivity index (χ0n) is 19.6. The Labute approximate surface area is 229 Å². The van der Waals surface area contributed by atoms with Crippen molar-refractivity contribution in [2.45, 2.75) is 30.0 Å². The first-order valence-electron chi connectivity index (χ1n) is 10.6. The lowest BCUT2D eigenvalue weighted by molar-refractivity contribution is -0.286. The van der Waals surface area contributed by atoms with Gasteiger partial charge in [-0.15, -0.1) is 0 Å². The van der Waals surface area contributed by atoms with E-state index in [9.17, 15) is 31.2 Å². The second kappa shape index (κ2) is 14.1. The molecule has 0 bridgehead atoms. The van der Waals surface area contributed by atoms with Crippen LogP contribution in [0.1, 0.15) is 12.0 Å². The Kier molecular flexibility index (Phi) is 11.5. The molecule has 1 atom stereocenters. The molecule has 214 valence electrons. The lowest BCUT2D eigenvalue weighted by atomic mass is 10.1. The van der Waals surface area contributed by atoms with Gasteiger partial charge in [0.2, 0.25) is 16.0 Å². The van der Waals surface area contributed by atoms with E-state index in [0.29, 0.717) is 17.7 Å². The van der Waals surface area contributed by atoms with Crippen molar-refractivity contribution >= 4 is 51.1 Å². The maximum atomic E-state index is 12.9. The van der Waals surface area contributed by atoms with Gasteiger partial charge in [0.1, 0.15) is 23.3 Å². The molecule has 2 aromatic carbocycles. The zero-order valence-corrected chi connectivity index (χ0v) is 21.9. The van der Waals surface area contributed by atoms with Gasteiger partial charge >= 0.3 is 18.1 Å². The van der Waals surface area contributed by atoms with Crippen molar-refractivity contribution in [3.05, 3.63) is 58.1 Å². The summed E-state index contributed by atoms with van der Waals surface area (Å²) in [6, 6.07) is 7.79. The van der Waals surface area contributed by atoms with Crippen LogP contribution in [0.2, 0.25) is 10.0 Å². The van der Waals surface area contributed by atoms with E-state index < -0.39 is 45.5 Å². The van der Waals surface area contributed by atoms with Gasteiger partial charge in [0.05, 0.1) is 16.7 Å². The van der Waals surface area contributed by atoms with Crippen LogP contribution in [0.25, 0.3) is 0 Å². The number of carbonyl (C=O) groups is 2. The Bertz CT molecular complexity index is 1270. The fourth-order valence-corrected chi connectivity index (χ4v) is 5.06. The van der Waals surface area contributed by atoms with Gasteiger partial charge < -0.3 is 21.0 Å². The molecule has 0 aliphatic heterocycles. The standard InChI is InChI=1S/C21H21Cl2F3N4O8S/c22-14-3-1-4-15(23)17(14)39(33,34)30-16(18(31)37-38-19(32)21(24,25)26)11-12-5-7-13(8-6-12)35-9-2-10-36-29-20(27)28/h1,3-8,16,30H,2,9-11H2,(H4,27,28,29)/t16-/m0/s1. The highest BCUT2D eigenvalue weighted by Crippen LogP contribution is 2.29. The molecule has 0 heterocycles. The summed E-state index contributed by atoms with van der Waals surface area (Å²) in [7, 11) is -4.63. The Hall–Kier alpha value is -3.47. The molecular weight excluding hydrogens is 596 g/mol. The van der Waals surface area contributed by atoms with Crippen molar-refractivity contribution in [2.75, 3.05) is 13.2 Å². The smallest absolute Gasteiger partial charge is 0.493 e. The number of ether oxygens (including phenoxy) is 1. The van der Waals surface area contributed by atoms with Gasteiger partial charge in [-0.25, -0.2) is 27.8 Å². The minimum Gasteiger partial charge on any atom is -0.493 e. The normalized spacial score (nSPS) is 12.2. The Balaban J connectivity index is 2.15. The van der Waals surface area contributed by atoms with E-state index in [4.69, 9.17) is 44.2 Å². The van der Waals surface area contributed by atoms with Crippen molar-refractivity contribution < 1.29 is 50.5 Å². The van der Waals surface area contributed by atoms with Crippen molar-refractivity contribution in [3.63, 3.8) is 0 Å². The van der Waals surface area contributed by atoms with E-state index >= 15 is 0 Å². The van der Waals surface area contributed by atoms with Crippen molar-refractivity contribution in [2.24, 2.45) is 16.6 Å². The number of nitrogens with two attached hydrogens (primary N) is 2. The molecule has 0 aromatic heterocycles. The topological polar surface area (TPSA) is 182 Å². The lowest BCUT2D eigenvalue weighted by Gasteiger charge is -2.18. The molecule has 0 amide bonds. The first-order valence-corrected chi connectivity index (χ1v) is 12.8. The van der Waals surface area contributed by atoms with Crippen LogP contribution >= 0.6 is 23.2 Å². The van der Waals surface area contributed by atoms with Gasteiger partial charge in [-0.1, -0.05) is 41.4 Å². The van der Waals surface area contributed by atoms with Gasteiger partial charge in [-0.05, 0) is 41.4 Å². The molecule has 39 heavy (non-hydrogen) atoms. The highest BCUT2D eigenvalue weighted by atomic mass is 35.5. The molecule has 0 fully saturated rings. The number of benzene rings is 2. The van der Waals surface area contributed by atoms with E-state index in [1.54, 1.807) is 0 Å². The van der Waals surface area contributed by atoms with E-state index in [1.165, 1.54) is 42.5 Å². The molecule has 18 heteroatoms. The summed E-state index contributed by atoms with van der Waals surface area (Å²) in [5.41, 5.74) is 10.5. The highest BCUT2D eigenvalue weighted by Gasteiger charge is 2.43. The number of alkyl halides is 3. The largest absolute Gasteiger partial charge is 0.495 e. The van der Waals surface area contributed by atoms with Gasteiger partial charge in [0.25, 0.3) is 0 Å². The fraction of sp³-hybridized carbons (Fsp3) is 0.286. The number of oxime groups is 1. The first-order chi connectivity index (χ1) is 18.2. The average Bonchev–Trinajstić information content (AvgIpc) is 2.83. The summed E-state index contributed by atoms with van der Waals surface area (Å²) in [5.74, 6) is -4.32. The Morgan fingerprint density at radius 2 is 1.62 bits per heavy atom. The summed E-state index contributed by atoms with van der Waals surface area (Å²) < 4.78 is 70.5. The van der Waals surface area contributed by atoms with Crippen molar-refractivity contribution in [3.8, 4) is 5.75 Å². The Morgan fingerprint density at radius 1 is 1.00 bits per heavy atom. The summed E-state index contributed by atoms with van der Waals surface area (Å²) in [4.78, 5) is 35.1. The van der Waals surface area contributed by atoms with Crippen LogP contribution in [-0.2, 0) is 40.6 Å². The van der Waals surface area contributed by atoms with Crippen LogP contribution in [0, 0.1) is 0 Å². The molecule has 0 aliphatic carbocycles. The molecule has 0 saturated carbocycles. The lowest BCUT2D eigenvalue weighted by Crippen LogP contribution is -2.44. The monoisotopic (exact) mass is 616 g/mol. The van der Waals surface area contributed by atoms with Crippen LogP contribution in [0.4, 0.5) is 13.2 Å². The van der Waals surface area contributed by atoms with Gasteiger partial charge in [0, 0.05) is 6.42 Å². The molecule has 0 spiro atoms. The zero-order chi connectivity index (χ0) is 29.2. The number of guanidine groups is 1. The number of sulfonamides is 1. The van der Waals surface area contributed by atoms with Crippen molar-refractivity contribution in [1.29, 1.82) is 0 Å². The van der Waals surface area contributed by atoms with Crippen molar-refractivity contribution in [1.82, 2.24) is 4.72 Å². The predicted molar refractivity (Wildman–Crippen MR) is 131 cm³/mol. The number of nitrogens with zero attached hydrogens (tertiary/aromatic N) is 1. The first kappa shape index (κ1) is 31.7. The minimum absolute atomic E-state index is 0.175. The quantitative estimate of drug-likeness (QED) is 0.105. The molecule has 0 unspecified atom stereocenters. The second-order valence-electron chi connectivity index (χ2n) is 7.40. The molecule has 2 rings (SSSR count). The highest BCUT2D eigenvalue weighted by molar-refractivity contribution is 7.89. The van der Waals surface area contributed by atoms with E-state index in [0.717, 1.165) is 0 Å². The summed E-state index contributed by atoms with van der Waals surface area (Å²) in [6.07, 6.45) is -5.49. The molecule has 12 nitrogen and oxygen atoms in total. The predicted octanol–water partition coefficient (Wildman–Crippen LogP) is 2.42. The fourth-order valence-electron chi connectivity index (χ4n) is 2.73. The van der Waals surface area contributed by atoms with Crippen LogP contribution in [0.15, 0.2) is 52.5 Å². The number of halogens is 5. The molecule has 0 saturated heterocycles. The SMILES string of the molecule is NC(N)=NOCCCOc1ccc(C[C@H](NS(=O)(=O)c2c(Cl)cccc2Cl)C(=O)OOC(=O)C(F)(F)F)cc1. The van der Waals surface area contributed by atoms with Gasteiger partial charge in [-0.2, -0.15) is 17.9 Å². The minimum atomic E-state index is -5.46. The van der Waals surface area contributed by atoms with Gasteiger partial charge in [0.15, 0.2) is 0 Å². The van der Waals surface area contributed by atoms with Crippen LogP contribution in [0.3, 0.4) is 0 Å². The van der Waals surface area contributed by atoms with Crippen LogP contribution in [-0.4, -0.2) is 51.7 Å².